The Labute approximate surface area is 191 Å². The molecule has 2 heterocycles. The van der Waals surface area contributed by atoms with E-state index in [1.807, 2.05) is 12.1 Å². The number of nitrogens with zero attached hydrogens (tertiary/aromatic N) is 2. The molecule has 4 aromatic rings. The molecule has 0 bridgehead atoms. The van der Waals surface area contributed by atoms with Crippen molar-refractivity contribution >= 4 is 22.4 Å². The highest BCUT2D eigenvalue weighted by molar-refractivity contribution is 5.93. The van der Waals surface area contributed by atoms with Crippen LogP contribution in [0.2, 0.25) is 0 Å². The van der Waals surface area contributed by atoms with E-state index < -0.39 is 5.82 Å². The van der Waals surface area contributed by atoms with Gasteiger partial charge in [-0.2, -0.15) is 0 Å². The summed E-state index contributed by atoms with van der Waals surface area (Å²) < 4.78 is 37.2. The van der Waals surface area contributed by atoms with Crippen LogP contribution in [0.25, 0.3) is 22.2 Å². The zero-order valence-electron chi connectivity index (χ0n) is 19.0. The van der Waals surface area contributed by atoms with Crippen molar-refractivity contribution in [3.8, 4) is 28.6 Å². The van der Waals surface area contributed by atoms with E-state index in [-0.39, 0.29) is 6.10 Å². The van der Waals surface area contributed by atoms with Gasteiger partial charge in [-0.15, -0.1) is 0 Å². The van der Waals surface area contributed by atoms with Crippen LogP contribution in [0.5, 0.6) is 17.2 Å². The number of halogens is 1. The molecule has 0 aliphatic rings. The number of hydrogen-bond acceptors (Lipinski definition) is 7. The smallest absolute Gasteiger partial charge is 0.162 e. The van der Waals surface area contributed by atoms with Gasteiger partial charge in [0.2, 0.25) is 0 Å². The Morgan fingerprint density at radius 2 is 1.79 bits per heavy atom. The Balaban J connectivity index is 1.79. The number of nitrogens with one attached hydrogen (secondary N) is 1. The highest BCUT2D eigenvalue weighted by Gasteiger charge is 2.18. The highest BCUT2D eigenvalue weighted by atomic mass is 19.1. The molecule has 0 aliphatic carbocycles. The van der Waals surface area contributed by atoms with Crippen molar-refractivity contribution in [2.75, 3.05) is 19.5 Å². The fraction of sp³-hybridized carbons (Fsp3) is 0.280. The van der Waals surface area contributed by atoms with Crippen molar-refractivity contribution in [1.82, 2.24) is 9.97 Å². The number of hydrogen-bond donors (Lipinski definition) is 1. The molecule has 0 spiro atoms. The molecule has 0 atom stereocenters. The monoisotopic (exact) mass is 451 g/mol. The van der Waals surface area contributed by atoms with Crippen molar-refractivity contribution in [2.24, 2.45) is 0 Å². The molecule has 0 amide bonds. The Hall–Kier alpha value is -3.81. The van der Waals surface area contributed by atoms with Gasteiger partial charge in [-0.3, -0.25) is 0 Å². The number of ether oxygens (including phenoxy) is 3. The fourth-order valence-electron chi connectivity index (χ4n) is 3.62. The molecule has 4 rings (SSSR count). The number of anilines is 2. The van der Waals surface area contributed by atoms with E-state index in [0.717, 1.165) is 18.2 Å². The third-order valence-electron chi connectivity index (χ3n) is 5.45. The van der Waals surface area contributed by atoms with Crippen molar-refractivity contribution in [2.45, 2.75) is 32.8 Å². The normalized spacial score (nSPS) is 11.1. The molecule has 0 unspecified atom stereocenters. The van der Waals surface area contributed by atoms with Gasteiger partial charge in [0.25, 0.3) is 0 Å². The molecule has 0 fully saturated rings. The van der Waals surface area contributed by atoms with Crippen molar-refractivity contribution in [1.29, 1.82) is 0 Å². The Morgan fingerprint density at radius 3 is 2.45 bits per heavy atom. The lowest BCUT2D eigenvalue weighted by atomic mass is 10.1. The largest absolute Gasteiger partial charge is 0.494 e. The summed E-state index contributed by atoms with van der Waals surface area (Å²) in [6.07, 6.45) is 4.76. The molecule has 0 saturated carbocycles. The molecule has 0 saturated heterocycles. The molecular formula is C25H26FN3O4. The lowest BCUT2D eigenvalue weighted by molar-refractivity contribution is 0.185. The molecule has 0 radical (unpaired) electrons. The second-order valence-electron chi connectivity index (χ2n) is 7.43. The Morgan fingerprint density at radius 1 is 1.00 bits per heavy atom. The van der Waals surface area contributed by atoms with Crippen molar-refractivity contribution in [3.05, 3.63) is 54.8 Å². The number of fused-ring (bicyclic) bond motifs is 1. The van der Waals surface area contributed by atoms with Crippen LogP contribution >= 0.6 is 0 Å². The first-order valence-electron chi connectivity index (χ1n) is 10.8. The third kappa shape index (κ3) is 4.55. The van der Waals surface area contributed by atoms with Crippen LogP contribution in [-0.2, 0) is 0 Å². The number of rotatable bonds is 9. The SMILES string of the molecule is CCC(CC)Oc1cc2c(Nc3cc(-c4ccco4)c(F)cc3OC)ncnc2cc1OC. The summed E-state index contributed by atoms with van der Waals surface area (Å²) in [5.41, 5.74) is 1.51. The van der Waals surface area contributed by atoms with E-state index in [1.54, 1.807) is 25.3 Å². The highest BCUT2D eigenvalue weighted by Crippen LogP contribution is 2.39. The quantitative estimate of drug-likeness (QED) is 0.317. The Bertz CT molecular complexity index is 1240. The summed E-state index contributed by atoms with van der Waals surface area (Å²) in [4.78, 5) is 8.79. The van der Waals surface area contributed by atoms with Crippen LogP contribution < -0.4 is 19.5 Å². The third-order valence-corrected chi connectivity index (χ3v) is 5.45. The maximum atomic E-state index is 14.7. The molecule has 0 aliphatic heterocycles. The van der Waals surface area contributed by atoms with E-state index in [1.165, 1.54) is 25.8 Å². The molecule has 172 valence electrons. The summed E-state index contributed by atoms with van der Waals surface area (Å²) in [5, 5.41) is 3.99. The van der Waals surface area contributed by atoms with E-state index in [9.17, 15) is 4.39 Å². The van der Waals surface area contributed by atoms with Gasteiger partial charge in [-0.25, -0.2) is 14.4 Å². The van der Waals surface area contributed by atoms with Crippen molar-refractivity contribution < 1.29 is 23.0 Å². The van der Waals surface area contributed by atoms with E-state index in [2.05, 4.69) is 29.1 Å². The molecule has 33 heavy (non-hydrogen) atoms. The molecule has 1 N–H and O–H groups in total. The van der Waals surface area contributed by atoms with Crippen LogP contribution in [0.1, 0.15) is 26.7 Å². The fourth-order valence-corrected chi connectivity index (χ4v) is 3.62. The van der Waals surface area contributed by atoms with Gasteiger partial charge in [-0.1, -0.05) is 13.8 Å². The van der Waals surface area contributed by atoms with Gasteiger partial charge in [0, 0.05) is 17.5 Å². The van der Waals surface area contributed by atoms with Crippen LogP contribution in [0, 0.1) is 5.82 Å². The maximum Gasteiger partial charge on any atom is 0.162 e. The zero-order valence-corrected chi connectivity index (χ0v) is 19.0. The summed E-state index contributed by atoms with van der Waals surface area (Å²) >= 11 is 0. The van der Waals surface area contributed by atoms with E-state index in [4.69, 9.17) is 18.6 Å². The first-order chi connectivity index (χ1) is 16.1. The minimum absolute atomic E-state index is 0.0606. The minimum atomic E-state index is -0.453. The second-order valence-corrected chi connectivity index (χ2v) is 7.43. The van der Waals surface area contributed by atoms with Gasteiger partial charge >= 0.3 is 0 Å². The van der Waals surface area contributed by atoms with Gasteiger partial charge < -0.3 is 23.9 Å². The summed E-state index contributed by atoms with van der Waals surface area (Å²) in [5.74, 6) is 2.02. The predicted octanol–water partition coefficient (Wildman–Crippen LogP) is 6.36. The Kier molecular flexibility index (Phi) is 6.63. The van der Waals surface area contributed by atoms with Gasteiger partial charge in [-0.05, 0) is 37.1 Å². The first kappa shape index (κ1) is 22.4. The lowest BCUT2D eigenvalue weighted by Gasteiger charge is -2.19. The topological polar surface area (TPSA) is 78.6 Å². The van der Waals surface area contributed by atoms with E-state index in [0.29, 0.717) is 45.6 Å². The van der Waals surface area contributed by atoms with Crippen LogP contribution in [0.4, 0.5) is 15.9 Å². The number of methoxy groups -OCH3 is 2. The number of furan rings is 1. The predicted molar refractivity (Wildman–Crippen MR) is 125 cm³/mol. The summed E-state index contributed by atoms with van der Waals surface area (Å²) in [6, 6.07) is 10.0. The van der Waals surface area contributed by atoms with Gasteiger partial charge in [0.1, 0.15) is 29.5 Å². The minimum Gasteiger partial charge on any atom is -0.494 e. The van der Waals surface area contributed by atoms with Gasteiger partial charge in [0.05, 0.1) is 43.4 Å². The maximum absolute atomic E-state index is 14.7. The lowest BCUT2D eigenvalue weighted by Crippen LogP contribution is -2.14. The van der Waals surface area contributed by atoms with E-state index >= 15 is 0 Å². The summed E-state index contributed by atoms with van der Waals surface area (Å²) in [6.45, 7) is 4.16. The molecule has 7 nitrogen and oxygen atoms in total. The number of aromatic nitrogens is 2. The molecule has 2 aromatic carbocycles. The average molecular weight is 451 g/mol. The number of benzene rings is 2. The molecule has 8 heteroatoms. The summed E-state index contributed by atoms with van der Waals surface area (Å²) in [7, 11) is 3.08. The second kappa shape index (κ2) is 9.77. The van der Waals surface area contributed by atoms with Gasteiger partial charge in [0.15, 0.2) is 11.5 Å². The van der Waals surface area contributed by atoms with Crippen molar-refractivity contribution in [3.63, 3.8) is 0 Å². The van der Waals surface area contributed by atoms with Crippen LogP contribution in [0.15, 0.2) is 53.4 Å². The molecule has 2 aromatic heterocycles. The zero-order chi connectivity index (χ0) is 23.4. The first-order valence-corrected chi connectivity index (χ1v) is 10.8. The van der Waals surface area contributed by atoms with Crippen LogP contribution in [0.3, 0.4) is 0 Å². The average Bonchev–Trinajstić information content (AvgIpc) is 3.37. The molecular weight excluding hydrogens is 425 g/mol. The standard InChI is InChI=1S/C25H26FN3O4/c1-5-15(6-2)33-24-11-17-19(13-23(24)31-4)27-14-28-25(17)29-20-10-16(21-8-7-9-32-21)18(26)12-22(20)30-3/h7-15H,5-6H2,1-4H3,(H,27,28,29). The van der Waals surface area contributed by atoms with Crippen LogP contribution in [-0.4, -0.2) is 30.3 Å².